The molecule has 0 spiro atoms. The van der Waals surface area contributed by atoms with Gasteiger partial charge in [-0.3, -0.25) is 0 Å². The van der Waals surface area contributed by atoms with Crippen molar-refractivity contribution < 1.29 is 69.9 Å². The highest BCUT2D eigenvalue weighted by Gasteiger charge is 2.46. The van der Waals surface area contributed by atoms with E-state index in [2.05, 4.69) is 0 Å². The lowest BCUT2D eigenvalue weighted by molar-refractivity contribution is -0.149. The second kappa shape index (κ2) is 7.73. The van der Waals surface area contributed by atoms with Crippen LogP contribution in [0.3, 0.4) is 0 Å². The summed E-state index contributed by atoms with van der Waals surface area (Å²) in [4.78, 5) is -4.28. The fraction of sp³-hybridized carbons (Fsp3) is 0.250. The third-order valence-electron chi connectivity index (χ3n) is 3.93. The summed E-state index contributed by atoms with van der Waals surface area (Å²) in [5, 5.41) is 0. The second-order valence-electron chi connectivity index (χ2n) is 6.16. The molecule has 0 bridgehead atoms. The third kappa shape index (κ3) is 5.16. The van der Waals surface area contributed by atoms with Crippen LogP contribution in [-0.4, -0.2) is 8.42 Å². The Hall–Kier alpha value is -2.59. The summed E-state index contributed by atoms with van der Waals surface area (Å²) in [7, 11) is -6.04. The molecule has 0 heterocycles. The Morgan fingerprint density at radius 3 is 0.788 bits per heavy atom. The molecule has 0 aliphatic heterocycles. The SMILES string of the molecule is O=S(=O)(c1cc(C(F)(F)F)c(F)c(C(F)(F)F)c1)c1cc(C(F)(F)F)c(F)c(C(F)(F)F)c1. The van der Waals surface area contributed by atoms with E-state index in [-0.39, 0.29) is 0 Å². The molecule has 0 saturated carbocycles. The molecule has 0 fully saturated rings. The monoisotopic (exact) mass is 526 g/mol. The first-order valence-corrected chi connectivity index (χ1v) is 9.18. The van der Waals surface area contributed by atoms with Crippen LogP contribution in [-0.2, 0) is 34.5 Å². The Morgan fingerprint density at radius 1 is 0.455 bits per heavy atom. The Bertz CT molecular complexity index is 1030. The molecule has 0 radical (unpaired) electrons. The molecule has 0 amide bonds. The molecule has 0 unspecified atom stereocenters. The molecule has 0 N–H and O–H groups in total. The molecule has 0 aliphatic carbocycles. The van der Waals surface area contributed by atoms with E-state index in [9.17, 15) is 69.9 Å². The number of hydrogen-bond acceptors (Lipinski definition) is 2. The van der Waals surface area contributed by atoms with Crippen molar-refractivity contribution in [2.75, 3.05) is 0 Å². The summed E-state index contributed by atoms with van der Waals surface area (Å²) in [6.45, 7) is 0. The standard InChI is InChI=1S/C16H4F14O2S/c17-11-7(13(19,20)21)1-5(2-8(11)14(22,23)24)33(31,32)6-3-9(15(25,26)27)12(18)10(4-6)16(28,29)30/h1-4H. The van der Waals surface area contributed by atoms with E-state index in [1.54, 1.807) is 0 Å². The van der Waals surface area contributed by atoms with Crippen molar-refractivity contribution in [3.63, 3.8) is 0 Å². The molecule has 2 nitrogen and oxygen atoms in total. The van der Waals surface area contributed by atoms with E-state index in [0.29, 0.717) is 0 Å². The Balaban J connectivity index is 2.99. The van der Waals surface area contributed by atoms with Crippen molar-refractivity contribution in [3.05, 3.63) is 58.2 Å². The predicted molar refractivity (Wildman–Crippen MR) is 78.3 cm³/mol. The van der Waals surface area contributed by atoms with Gasteiger partial charge < -0.3 is 0 Å². The summed E-state index contributed by atoms with van der Waals surface area (Å²) in [5.41, 5.74) is -11.3. The molecule has 184 valence electrons. The van der Waals surface area contributed by atoms with E-state index >= 15 is 0 Å². The highest BCUT2D eigenvalue weighted by atomic mass is 32.2. The maximum Gasteiger partial charge on any atom is 0.419 e. The number of rotatable bonds is 2. The minimum absolute atomic E-state index is 0.746. The molecule has 0 aliphatic rings. The predicted octanol–water partition coefficient (Wildman–Crippen LogP) is 6.87. The summed E-state index contributed by atoms with van der Waals surface area (Å²) in [6.07, 6.45) is -23.8. The Morgan fingerprint density at radius 2 is 0.636 bits per heavy atom. The van der Waals surface area contributed by atoms with Crippen LogP contribution >= 0.6 is 0 Å². The van der Waals surface area contributed by atoms with Crippen LogP contribution in [0.5, 0.6) is 0 Å². The lowest BCUT2D eigenvalue weighted by Gasteiger charge is -2.18. The average Bonchev–Trinajstić information content (AvgIpc) is 2.57. The van der Waals surface area contributed by atoms with Gasteiger partial charge in [-0.05, 0) is 24.3 Å². The van der Waals surface area contributed by atoms with E-state index in [4.69, 9.17) is 0 Å². The molecular formula is C16H4F14O2S. The molecule has 2 aromatic carbocycles. The quantitative estimate of drug-likeness (QED) is 0.316. The largest absolute Gasteiger partial charge is 0.419 e. The first kappa shape index (κ1) is 26.7. The van der Waals surface area contributed by atoms with Crippen molar-refractivity contribution in [3.8, 4) is 0 Å². The number of sulfone groups is 1. The minimum atomic E-state index is -6.04. The van der Waals surface area contributed by atoms with Gasteiger partial charge in [0.2, 0.25) is 9.84 Å². The Kier molecular flexibility index (Phi) is 6.25. The van der Waals surface area contributed by atoms with Crippen molar-refractivity contribution in [2.45, 2.75) is 34.5 Å². The number of benzene rings is 2. The van der Waals surface area contributed by atoms with Crippen LogP contribution < -0.4 is 0 Å². The first-order chi connectivity index (χ1) is 14.5. The van der Waals surface area contributed by atoms with Gasteiger partial charge >= 0.3 is 24.7 Å². The molecule has 2 aromatic rings. The number of hydrogen-bond donors (Lipinski definition) is 0. The van der Waals surface area contributed by atoms with Crippen molar-refractivity contribution >= 4 is 9.84 Å². The zero-order valence-electron chi connectivity index (χ0n) is 14.8. The van der Waals surface area contributed by atoms with Crippen LogP contribution in [0.25, 0.3) is 0 Å². The van der Waals surface area contributed by atoms with Crippen LogP contribution in [0.1, 0.15) is 22.3 Å². The van der Waals surface area contributed by atoms with E-state index in [1.807, 2.05) is 0 Å². The highest BCUT2D eigenvalue weighted by molar-refractivity contribution is 7.91. The second-order valence-corrected chi connectivity index (χ2v) is 8.11. The lowest BCUT2D eigenvalue weighted by atomic mass is 10.1. The van der Waals surface area contributed by atoms with E-state index in [1.165, 1.54) is 0 Å². The third-order valence-corrected chi connectivity index (χ3v) is 5.65. The van der Waals surface area contributed by atoms with Gasteiger partial charge in [0.15, 0.2) is 0 Å². The topological polar surface area (TPSA) is 34.1 Å². The number of halogens is 14. The minimum Gasteiger partial charge on any atom is -0.219 e. The molecule has 2 rings (SSSR count). The summed E-state index contributed by atoms with van der Waals surface area (Å²) >= 11 is 0. The van der Waals surface area contributed by atoms with E-state index < -0.39 is 102 Å². The summed E-state index contributed by atoms with van der Waals surface area (Å²) in [5.74, 6) is -5.97. The molecule has 17 heteroatoms. The van der Waals surface area contributed by atoms with Gasteiger partial charge in [0.05, 0.1) is 32.0 Å². The number of alkyl halides is 12. The maximum atomic E-state index is 13.7. The molecule has 0 saturated heterocycles. The summed E-state index contributed by atoms with van der Waals surface area (Å²) < 4.78 is 208. The van der Waals surface area contributed by atoms with Crippen LogP contribution in [0, 0.1) is 11.6 Å². The fourth-order valence-corrected chi connectivity index (χ4v) is 3.83. The molecule has 0 atom stereocenters. The molecule has 33 heavy (non-hydrogen) atoms. The van der Waals surface area contributed by atoms with E-state index in [0.717, 1.165) is 0 Å². The normalized spacial score (nSPS) is 14.0. The van der Waals surface area contributed by atoms with Crippen molar-refractivity contribution in [1.29, 1.82) is 0 Å². The van der Waals surface area contributed by atoms with Gasteiger partial charge in [-0.1, -0.05) is 0 Å². The molecule has 0 aromatic heterocycles. The molecular weight excluding hydrogens is 522 g/mol. The van der Waals surface area contributed by atoms with Gasteiger partial charge in [-0.15, -0.1) is 0 Å². The van der Waals surface area contributed by atoms with Crippen molar-refractivity contribution in [2.24, 2.45) is 0 Å². The van der Waals surface area contributed by atoms with Gasteiger partial charge in [0.25, 0.3) is 0 Å². The first-order valence-electron chi connectivity index (χ1n) is 7.70. The highest BCUT2D eigenvalue weighted by Crippen LogP contribution is 2.43. The van der Waals surface area contributed by atoms with Gasteiger partial charge in [0, 0.05) is 0 Å². The van der Waals surface area contributed by atoms with Crippen LogP contribution in [0.15, 0.2) is 34.1 Å². The van der Waals surface area contributed by atoms with Gasteiger partial charge in [-0.25, -0.2) is 17.2 Å². The van der Waals surface area contributed by atoms with Crippen molar-refractivity contribution in [1.82, 2.24) is 0 Å². The van der Waals surface area contributed by atoms with Gasteiger partial charge in [0.1, 0.15) is 11.6 Å². The van der Waals surface area contributed by atoms with Crippen LogP contribution in [0.4, 0.5) is 61.5 Å². The fourth-order valence-electron chi connectivity index (χ4n) is 2.47. The summed E-state index contributed by atoms with van der Waals surface area (Å²) in [6, 6.07) is -2.98. The maximum absolute atomic E-state index is 13.7. The van der Waals surface area contributed by atoms with Gasteiger partial charge in [-0.2, -0.15) is 52.7 Å². The average molecular weight is 526 g/mol. The van der Waals surface area contributed by atoms with Crippen LogP contribution in [0.2, 0.25) is 0 Å². The Labute approximate surface area is 173 Å². The smallest absolute Gasteiger partial charge is 0.219 e. The lowest BCUT2D eigenvalue weighted by Crippen LogP contribution is -2.19. The zero-order valence-corrected chi connectivity index (χ0v) is 15.6. The zero-order chi connectivity index (χ0) is 25.9.